The van der Waals surface area contributed by atoms with E-state index in [9.17, 15) is 9.59 Å². The van der Waals surface area contributed by atoms with Crippen LogP contribution in [-0.4, -0.2) is 28.5 Å². The van der Waals surface area contributed by atoms with Gasteiger partial charge in [-0.25, -0.2) is 9.78 Å². The van der Waals surface area contributed by atoms with Gasteiger partial charge in [-0.3, -0.25) is 4.79 Å². The van der Waals surface area contributed by atoms with Crippen LogP contribution in [-0.2, 0) is 9.53 Å². The van der Waals surface area contributed by atoms with Crippen molar-refractivity contribution in [1.82, 2.24) is 10.3 Å². The fraction of sp³-hybridized carbons (Fsp3) is 0.667. The molecule has 0 aromatic carbocycles. The maximum Gasteiger partial charge on any atom is 0.329 e. The van der Waals surface area contributed by atoms with Crippen LogP contribution >= 0.6 is 11.3 Å². The number of ether oxygens (including phenoxy) is 1. The number of esters is 1. The summed E-state index contributed by atoms with van der Waals surface area (Å²) in [6.07, 6.45) is 0. The van der Waals surface area contributed by atoms with Gasteiger partial charge in [0.1, 0.15) is 16.5 Å². The number of nitrogens with zero attached hydrogens (tertiary/aromatic N) is 1. The lowest BCUT2D eigenvalue weighted by atomic mass is 10.0. The van der Waals surface area contributed by atoms with E-state index < -0.39 is 17.6 Å². The molecule has 1 rings (SSSR count). The molecule has 1 aromatic heterocycles. The number of aryl methyl sites for hydroxylation is 2. The summed E-state index contributed by atoms with van der Waals surface area (Å²) in [6, 6.07) is -0.668. The van der Waals surface area contributed by atoms with Crippen LogP contribution in [0.2, 0.25) is 0 Å². The van der Waals surface area contributed by atoms with E-state index in [4.69, 9.17) is 4.74 Å². The molecule has 0 fully saturated rings. The van der Waals surface area contributed by atoms with Crippen molar-refractivity contribution in [2.45, 2.75) is 60.1 Å². The van der Waals surface area contributed by atoms with Crippen LogP contribution < -0.4 is 5.32 Å². The number of aromatic nitrogens is 1. The van der Waals surface area contributed by atoms with E-state index in [1.54, 1.807) is 27.7 Å². The first-order valence-electron chi connectivity index (χ1n) is 6.99. The first kappa shape index (κ1) is 17.6. The molecule has 0 spiro atoms. The number of thiazole rings is 1. The molecule has 0 saturated carbocycles. The maximum absolute atomic E-state index is 12.3. The van der Waals surface area contributed by atoms with E-state index >= 15 is 0 Å². The third-order valence-corrected chi connectivity index (χ3v) is 3.80. The number of hydrogen-bond acceptors (Lipinski definition) is 5. The summed E-state index contributed by atoms with van der Waals surface area (Å²) in [5.74, 6) is -0.745. The Balaban J connectivity index is 2.86. The Kier molecular flexibility index (Phi) is 5.50. The molecule has 1 N–H and O–H groups in total. The number of carbonyl (C=O) groups is 2. The van der Waals surface area contributed by atoms with Crippen molar-refractivity contribution in [3.63, 3.8) is 0 Å². The van der Waals surface area contributed by atoms with E-state index in [2.05, 4.69) is 10.3 Å². The highest BCUT2D eigenvalue weighted by atomic mass is 32.1. The van der Waals surface area contributed by atoms with Gasteiger partial charge < -0.3 is 10.1 Å². The Labute approximate surface area is 130 Å². The molecule has 21 heavy (non-hydrogen) atoms. The van der Waals surface area contributed by atoms with Crippen molar-refractivity contribution in [3.05, 3.63) is 15.6 Å². The Morgan fingerprint density at radius 1 is 1.24 bits per heavy atom. The van der Waals surface area contributed by atoms with Gasteiger partial charge in [-0.2, -0.15) is 0 Å². The molecule has 1 atom stereocenters. The van der Waals surface area contributed by atoms with Crippen molar-refractivity contribution in [3.8, 4) is 0 Å². The molecular formula is C15H24N2O3S. The van der Waals surface area contributed by atoms with Crippen LogP contribution in [0.25, 0.3) is 0 Å². The molecule has 0 unspecified atom stereocenters. The van der Waals surface area contributed by atoms with Crippen LogP contribution in [0.15, 0.2) is 0 Å². The molecule has 118 valence electrons. The van der Waals surface area contributed by atoms with Crippen LogP contribution in [0.3, 0.4) is 0 Å². The van der Waals surface area contributed by atoms with E-state index in [1.807, 2.05) is 20.8 Å². The van der Waals surface area contributed by atoms with Gasteiger partial charge in [-0.05, 0) is 40.5 Å². The van der Waals surface area contributed by atoms with Crippen LogP contribution in [0.1, 0.15) is 55.0 Å². The number of nitrogens with one attached hydrogen (secondary N) is 1. The fourth-order valence-corrected chi connectivity index (χ4v) is 2.63. The van der Waals surface area contributed by atoms with Crippen molar-refractivity contribution in [1.29, 1.82) is 0 Å². The Morgan fingerprint density at radius 2 is 1.81 bits per heavy atom. The zero-order valence-electron chi connectivity index (χ0n) is 13.7. The Hall–Kier alpha value is -1.43. The number of rotatable bonds is 4. The van der Waals surface area contributed by atoms with E-state index in [1.165, 1.54) is 11.3 Å². The Morgan fingerprint density at radius 3 is 2.19 bits per heavy atom. The molecule has 1 heterocycles. The standard InChI is InChI=1S/C15H24N2O3S/c1-8(2)11(14(19)20-15(5,6)7)17-13(18)12-9(3)16-10(4)21-12/h8,11H,1-7H3,(H,17,18)/t11-/m1/s1. The average molecular weight is 312 g/mol. The second kappa shape index (κ2) is 6.56. The highest BCUT2D eigenvalue weighted by Crippen LogP contribution is 2.18. The van der Waals surface area contributed by atoms with Gasteiger partial charge in [0.25, 0.3) is 5.91 Å². The summed E-state index contributed by atoms with van der Waals surface area (Å²) in [5.41, 5.74) is 0.105. The molecular weight excluding hydrogens is 288 g/mol. The van der Waals surface area contributed by atoms with Crippen molar-refractivity contribution >= 4 is 23.2 Å². The minimum atomic E-state index is -0.668. The number of carbonyl (C=O) groups excluding carboxylic acids is 2. The van der Waals surface area contributed by atoms with Crippen molar-refractivity contribution in [2.75, 3.05) is 0 Å². The van der Waals surface area contributed by atoms with Crippen LogP contribution in [0.5, 0.6) is 0 Å². The topological polar surface area (TPSA) is 68.3 Å². The van der Waals surface area contributed by atoms with Crippen LogP contribution in [0.4, 0.5) is 0 Å². The second-order valence-corrected chi connectivity index (χ2v) is 7.58. The smallest absolute Gasteiger partial charge is 0.329 e. The second-order valence-electron chi connectivity index (χ2n) is 6.38. The minimum absolute atomic E-state index is 0.0573. The van der Waals surface area contributed by atoms with Gasteiger partial charge in [-0.15, -0.1) is 11.3 Å². The summed E-state index contributed by atoms with van der Waals surface area (Å²) in [5, 5.41) is 3.60. The van der Waals surface area contributed by atoms with E-state index in [0.717, 1.165) is 5.01 Å². The molecule has 0 saturated heterocycles. The molecule has 0 radical (unpaired) electrons. The van der Waals surface area contributed by atoms with Gasteiger partial charge in [0.2, 0.25) is 0 Å². The third-order valence-electron chi connectivity index (χ3n) is 2.72. The number of amides is 1. The lowest BCUT2D eigenvalue weighted by molar-refractivity contribution is -0.158. The molecule has 5 nitrogen and oxygen atoms in total. The quantitative estimate of drug-likeness (QED) is 0.868. The van der Waals surface area contributed by atoms with E-state index in [-0.39, 0.29) is 11.8 Å². The summed E-state index contributed by atoms with van der Waals surface area (Å²) >= 11 is 1.33. The highest BCUT2D eigenvalue weighted by molar-refractivity contribution is 7.13. The largest absolute Gasteiger partial charge is 0.458 e. The minimum Gasteiger partial charge on any atom is -0.458 e. The van der Waals surface area contributed by atoms with Gasteiger partial charge in [0, 0.05) is 0 Å². The van der Waals surface area contributed by atoms with Crippen molar-refractivity contribution in [2.24, 2.45) is 5.92 Å². The van der Waals surface area contributed by atoms with Gasteiger partial charge >= 0.3 is 5.97 Å². The lowest BCUT2D eigenvalue weighted by Crippen LogP contribution is -2.47. The molecule has 6 heteroatoms. The summed E-state index contributed by atoms with van der Waals surface area (Å²) in [6.45, 7) is 12.8. The summed E-state index contributed by atoms with van der Waals surface area (Å²) in [4.78, 5) is 29.3. The molecule has 1 amide bonds. The highest BCUT2D eigenvalue weighted by Gasteiger charge is 2.30. The molecule has 0 aliphatic carbocycles. The molecule has 1 aromatic rings. The van der Waals surface area contributed by atoms with Gasteiger partial charge in [0.15, 0.2) is 0 Å². The maximum atomic E-state index is 12.3. The SMILES string of the molecule is Cc1nc(C)c(C(=O)N[C@@H](C(=O)OC(C)(C)C)C(C)C)s1. The number of hydrogen-bond donors (Lipinski definition) is 1. The zero-order valence-corrected chi connectivity index (χ0v) is 14.6. The normalized spacial score (nSPS) is 13.1. The van der Waals surface area contributed by atoms with Crippen LogP contribution in [0, 0.1) is 19.8 Å². The summed E-state index contributed by atoms with van der Waals surface area (Å²) < 4.78 is 5.37. The van der Waals surface area contributed by atoms with Crippen molar-refractivity contribution < 1.29 is 14.3 Å². The van der Waals surface area contributed by atoms with Gasteiger partial charge in [-0.1, -0.05) is 13.8 Å². The van der Waals surface area contributed by atoms with Gasteiger partial charge in [0.05, 0.1) is 10.7 Å². The molecule has 0 aliphatic rings. The molecule has 0 aliphatic heterocycles. The fourth-order valence-electron chi connectivity index (χ4n) is 1.81. The third kappa shape index (κ3) is 5.12. The lowest BCUT2D eigenvalue weighted by Gasteiger charge is -2.26. The zero-order chi connectivity index (χ0) is 16.4. The average Bonchev–Trinajstić information content (AvgIpc) is 2.62. The van der Waals surface area contributed by atoms with E-state index in [0.29, 0.717) is 10.6 Å². The summed E-state index contributed by atoms with van der Waals surface area (Å²) in [7, 11) is 0. The first-order chi connectivity index (χ1) is 9.51. The predicted octanol–water partition coefficient (Wildman–Crippen LogP) is 2.86. The first-order valence-corrected chi connectivity index (χ1v) is 7.80. The monoisotopic (exact) mass is 312 g/mol. The molecule has 0 bridgehead atoms. The predicted molar refractivity (Wildman–Crippen MR) is 83.5 cm³/mol. The Bertz CT molecular complexity index is 530.